The number of benzene rings is 1. The highest BCUT2D eigenvalue weighted by molar-refractivity contribution is 5.95. The van der Waals surface area contributed by atoms with E-state index in [1.807, 2.05) is 59.0 Å². The van der Waals surface area contributed by atoms with Gasteiger partial charge in [0.1, 0.15) is 0 Å². The number of aromatic nitrogens is 4. The number of para-hydroxylation sites is 1. The average molecular weight is 477 g/mol. The Balaban J connectivity index is 1.17. The molecule has 2 saturated heterocycles. The Labute approximate surface area is 205 Å². The number of nitrogens with zero attached hydrogens (tertiary/aromatic N) is 8. The van der Waals surface area contributed by atoms with Gasteiger partial charge in [-0.25, -0.2) is 4.68 Å². The molecule has 0 spiro atoms. The highest BCUT2D eigenvalue weighted by Gasteiger charge is 2.26. The van der Waals surface area contributed by atoms with Gasteiger partial charge >= 0.3 is 0 Å². The maximum atomic E-state index is 13.2. The SMILES string of the molecule is Cc1c(C(=O)N2CCN(c3ccc(N4CCN(CCO)CC4)nn3)CC2)cnn1-c1ccccc1. The minimum atomic E-state index is 0.0195. The molecular formula is C25H32N8O2. The first-order valence-electron chi connectivity index (χ1n) is 12.2. The zero-order valence-corrected chi connectivity index (χ0v) is 20.1. The Hall–Kier alpha value is -3.50. The lowest BCUT2D eigenvalue weighted by Gasteiger charge is -2.36. The zero-order chi connectivity index (χ0) is 24.2. The van der Waals surface area contributed by atoms with Crippen molar-refractivity contribution in [2.75, 3.05) is 75.3 Å². The Morgan fingerprint density at radius 3 is 2.03 bits per heavy atom. The number of aliphatic hydroxyl groups is 1. The Morgan fingerprint density at radius 2 is 1.46 bits per heavy atom. The zero-order valence-electron chi connectivity index (χ0n) is 20.1. The average Bonchev–Trinajstić information content (AvgIpc) is 3.31. The van der Waals surface area contributed by atoms with Gasteiger partial charge < -0.3 is 19.8 Å². The van der Waals surface area contributed by atoms with Crippen molar-refractivity contribution in [1.29, 1.82) is 0 Å². The van der Waals surface area contributed by atoms with E-state index in [9.17, 15) is 4.79 Å². The number of hydrogen-bond donors (Lipinski definition) is 1. The number of hydrogen-bond acceptors (Lipinski definition) is 8. The summed E-state index contributed by atoms with van der Waals surface area (Å²) in [6.45, 7) is 9.16. The summed E-state index contributed by atoms with van der Waals surface area (Å²) < 4.78 is 1.81. The summed E-state index contributed by atoms with van der Waals surface area (Å²) >= 11 is 0. The lowest BCUT2D eigenvalue weighted by atomic mass is 10.2. The first-order chi connectivity index (χ1) is 17.1. The standard InChI is InChI=1S/C25H32N8O2/c1-20-22(19-26-33(20)21-5-3-2-4-6-21)25(35)32-15-13-31(14-16-32)24-8-7-23(27-28-24)30-11-9-29(10-12-30)17-18-34/h2-8,19,34H,9-18H2,1H3. The van der Waals surface area contributed by atoms with Gasteiger partial charge in [0.2, 0.25) is 0 Å². The van der Waals surface area contributed by atoms with Gasteiger partial charge in [0.25, 0.3) is 5.91 Å². The molecule has 2 aromatic heterocycles. The molecule has 0 unspecified atom stereocenters. The molecule has 0 radical (unpaired) electrons. The van der Waals surface area contributed by atoms with E-state index in [4.69, 9.17) is 5.11 Å². The molecule has 4 heterocycles. The number of anilines is 2. The van der Waals surface area contributed by atoms with Crippen molar-refractivity contribution in [3.8, 4) is 5.69 Å². The molecule has 0 aliphatic carbocycles. The predicted molar refractivity (Wildman–Crippen MR) is 134 cm³/mol. The lowest BCUT2D eigenvalue weighted by Crippen LogP contribution is -2.49. The fourth-order valence-electron chi connectivity index (χ4n) is 4.76. The molecule has 2 aliphatic heterocycles. The van der Waals surface area contributed by atoms with Crippen molar-refractivity contribution in [2.45, 2.75) is 6.92 Å². The summed E-state index contributed by atoms with van der Waals surface area (Å²) in [6, 6.07) is 13.9. The molecular weight excluding hydrogens is 444 g/mol. The molecule has 3 aromatic rings. The van der Waals surface area contributed by atoms with Crippen LogP contribution < -0.4 is 9.80 Å². The lowest BCUT2D eigenvalue weighted by molar-refractivity contribution is 0.0745. The van der Waals surface area contributed by atoms with E-state index >= 15 is 0 Å². The second-order valence-corrected chi connectivity index (χ2v) is 8.97. The van der Waals surface area contributed by atoms with Gasteiger partial charge in [0, 0.05) is 58.9 Å². The monoisotopic (exact) mass is 476 g/mol. The van der Waals surface area contributed by atoms with Gasteiger partial charge in [-0.05, 0) is 31.2 Å². The van der Waals surface area contributed by atoms with E-state index in [0.717, 1.165) is 55.7 Å². The summed E-state index contributed by atoms with van der Waals surface area (Å²) in [4.78, 5) is 21.8. The number of piperazine rings is 2. The fourth-order valence-corrected chi connectivity index (χ4v) is 4.76. The molecule has 1 N–H and O–H groups in total. The van der Waals surface area contributed by atoms with E-state index in [1.54, 1.807) is 6.20 Å². The van der Waals surface area contributed by atoms with Crippen molar-refractivity contribution in [1.82, 2.24) is 29.8 Å². The number of carbonyl (C=O) groups is 1. The maximum absolute atomic E-state index is 13.2. The van der Waals surface area contributed by atoms with Crippen LogP contribution >= 0.6 is 0 Å². The molecule has 0 atom stereocenters. The van der Waals surface area contributed by atoms with Crippen LogP contribution in [0.2, 0.25) is 0 Å². The Morgan fingerprint density at radius 1 is 0.857 bits per heavy atom. The number of amides is 1. The van der Waals surface area contributed by atoms with Crippen LogP contribution in [0.4, 0.5) is 11.6 Å². The maximum Gasteiger partial charge on any atom is 0.257 e. The molecule has 0 saturated carbocycles. The number of aliphatic hydroxyl groups excluding tert-OH is 1. The summed E-state index contributed by atoms with van der Waals surface area (Å²) in [5, 5.41) is 22.5. The van der Waals surface area contributed by atoms with E-state index < -0.39 is 0 Å². The highest BCUT2D eigenvalue weighted by atomic mass is 16.3. The summed E-state index contributed by atoms with van der Waals surface area (Å²) in [5.74, 6) is 1.75. The van der Waals surface area contributed by atoms with Gasteiger partial charge in [-0.1, -0.05) is 18.2 Å². The molecule has 1 aromatic carbocycles. The van der Waals surface area contributed by atoms with E-state index in [1.165, 1.54) is 0 Å². The van der Waals surface area contributed by atoms with Crippen LogP contribution in [0.3, 0.4) is 0 Å². The van der Waals surface area contributed by atoms with Crippen LogP contribution in [0.15, 0.2) is 48.7 Å². The molecule has 35 heavy (non-hydrogen) atoms. The van der Waals surface area contributed by atoms with Crippen LogP contribution in [0, 0.1) is 6.92 Å². The second-order valence-electron chi connectivity index (χ2n) is 8.97. The van der Waals surface area contributed by atoms with Gasteiger partial charge in [0.15, 0.2) is 11.6 Å². The van der Waals surface area contributed by atoms with Crippen LogP contribution in [-0.4, -0.2) is 106 Å². The van der Waals surface area contributed by atoms with Gasteiger partial charge in [-0.3, -0.25) is 9.69 Å². The first-order valence-corrected chi connectivity index (χ1v) is 12.2. The number of carbonyl (C=O) groups excluding carboxylic acids is 1. The van der Waals surface area contributed by atoms with Crippen LogP contribution in [0.1, 0.15) is 16.1 Å². The van der Waals surface area contributed by atoms with Crippen molar-refractivity contribution in [2.24, 2.45) is 0 Å². The third-order valence-corrected chi connectivity index (χ3v) is 6.88. The topological polar surface area (TPSA) is 93.9 Å². The minimum Gasteiger partial charge on any atom is -0.395 e. The van der Waals surface area contributed by atoms with Crippen molar-refractivity contribution < 1.29 is 9.90 Å². The van der Waals surface area contributed by atoms with E-state index in [-0.39, 0.29) is 12.5 Å². The molecule has 10 heteroatoms. The van der Waals surface area contributed by atoms with Crippen LogP contribution in [0.5, 0.6) is 0 Å². The predicted octanol–water partition coefficient (Wildman–Crippen LogP) is 1.05. The summed E-state index contributed by atoms with van der Waals surface area (Å²) in [5.41, 5.74) is 2.44. The van der Waals surface area contributed by atoms with Crippen LogP contribution in [0.25, 0.3) is 5.69 Å². The number of β-amino-alcohol motifs (C(OH)–C–C–N with tert-alkyl or cyclic N) is 1. The first kappa shape index (κ1) is 23.3. The van der Waals surface area contributed by atoms with Gasteiger partial charge in [0.05, 0.1) is 29.7 Å². The third-order valence-electron chi connectivity index (χ3n) is 6.88. The molecule has 2 fully saturated rings. The minimum absolute atomic E-state index is 0.0195. The van der Waals surface area contributed by atoms with E-state index in [2.05, 4.69) is 30.0 Å². The van der Waals surface area contributed by atoms with Gasteiger partial charge in [-0.2, -0.15) is 5.10 Å². The quantitative estimate of drug-likeness (QED) is 0.564. The van der Waals surface area contributed by atoms with Crippen LogP contribution in [-0.2, 0) is 0 Å². The summed E-state index contributed by atoms with van der Waals surface area (Å²) in [6.07, 6.45) is 1.67. The molecule has 5 rings (SSSR count). The molecule has 10 nitrogen and oxygen atoms in total. The van der Waals surface area contributed by atoms with Crippen molar-refractivity contribution in [3.05, 3.63) is 59.9 Å². The Bertz CT molecular complexity index is 1120. The molecule has 1 amide bonds. The van der Waals surface area contributed by atoms with Gasteiger partial charge in [-0.15, -0.1) is 10.2 Å². The normalized spacial score (nSPS) is 17.1. The molecule has 184 valence electrons. The number of rotatable bonds is 6. The van der Waals surface area contributed by atoms with E-state index in [0.29, 0.717) is 31.7 Å². The van der Waals surface area contributed by atoms with Crippen molar-refractivity contribution in [3.63, 3.8) is 0 Å². The second kappa shape index (κ2) is 10.4. The smallest absolute Gasteiger partial charge is 0.257 e. The van der Waals surface area contributed by atoms with Crippen molar-refractivity contribution >= 4 is 17.5 Å². The third kappa shape index (κ3) is 4.98. The Kier molecular flexibility index (Phi) is 6.91. The summed E-state index contributed by atoms with van der Waals surface area (Å²) in [7, 11) is 0. The fraction of sp³-hybridized carbons (Fsp3) is 0.440. The largest absolute Gasteiger partial charge is 0.395 e. The highest BCUT2D eigenvalue weighted by Crippen LogP contribution is 2.20. The molecule has 0 bridgehead atoms. The molecule has 2 aliphatic rings.